The van der Waals surface area contributed by atoms with Crippen molar-refractivity contribution in [2.45, 2.75) is 31.5 Å². The van der Waals surface area contributed by atoms with Gasteiger partial charge in [-0.1, -0.05) is 0 Å². The number of anilines is 2. The summed E-state index contributed by atoms with van der Waals surface area (Å²) in [5.41, 5.74) is 5.33. The minimum atomic E-state index is -4.60. The van der Waals surface area contributed by atoms with Crippen molar-refractivity contribution >= 4 is 11.6 Å². The minimum absolute atomic E-state index is 0.0813. The van der Waals surface area contributed by atoms with Crippen molar-refractivity contribution in [2.75, 3.05) is 24.2 Å². The summed E-state index contributed by atoms with van der Waals surface area (Å²) in [6.07, 6.45) is -1.68. The lowest BCUT2D eigenvalue weighted by Gasteiger charge is -2.12. The summed E-state index contributed by atoms with van der Waals surface area (Å²) in [5.74, 6) is -1.35. The van der Waals surface area contributed by atoms with Crippen LogP contribution in [0.15, 0.2) is 6.07 Å². The van der Waals surface area contributed by atoms with E-state index in [-0.39, 0.29) is 17.7 Å². The van der Waals surface area contributed by atoms with Crippen LogP contribution in [0.25, 0.3) is 0 Å². The first-order valence-corrected chi connectivity index (χ1v) is 6.02. The number of halogens is 3. The standard InChI is InChI=1S/C11H15F3N4O/c12-11(13,14)10-17-8(15)6-9(18-10)16-4-3-7-2-1-5-19-7/h6-7H,1-5H2,(H3,15,16,17,18). The van der Waals surface area contributed by atoms with Crippen LogP contribution in [0, 0.1) is 0 Å². The van der Waals surface area contributed by atoms with E-state index < -0.39 is 12.0 Å². The number of nitrogens with zero attached hydrogens (tertiary/aromatic N) is 2. The molecule has 1 aliphatic rings. The normalized spacial score (nSPS) is 19.6. The monoisotopic (exact) mass is 276 g/mol. The number of hydrogen-bond donors (Lipinski definition) is 2. The molecule has 19 heavy (non-hydrogen) atoms. The van der Waals surface area contributed by atoms with E-state index >= 15 is 0 Å². The second-order valence-corrected chi connectivity index (χ2v) is 4.35. The number of nitrogen functional groups attached to an aromatic ring is 1. The highest BCUT2D eigenvalue weighted by Gasteiger charge is 2.35. The van der Waals surface area contributed by atoms with Crippen LogP contribution in [0.1, 0.15) is 25.1 Å². The van der Waals surface area contributed by atoms with Gasteiger partial charge in [0.05, 0.1) is 6.10 Å². The number of alkyl halides is 3. The average molecular weight is 276 g/mol. The molecule has 1 aromatic heterocycles. The van der Waals surface area contributed by atoms with E-state index in [1.165, 1.54) is 6.07 Å². The maximum absolute atomic E-state index is 12.5. The van der Waals surface area contributed by atoms with E-state index in [2.05, 4.69) is 15.3 Å². The molecule has 106 valence electrons. The smallest absolute Gasteiger partial charge is 0.384 e. The van der Waals surface area contributed by atoms with Gasteiger partial charge in [0.15, 0.2) is 0 Å². The summed E-state index contributed by atoms with van der Waals surface area (Å²) in [6.45, 7) is 1.24. The second-order valence-electron chi connectivity index (χ2n) is 4.35. The Morgan fingerprint density at radius 2 is 2.21 bits per heavy atom. The summed E-state index contributed by atoms with van der Waals surface area (Å²) < 4.78 is 42.9. The topological polar surface area (TPSA) is 73.1 Å². The van der Waals surface area contributed by atoms with E-state index in [4.69, 9.17) is 10.5 Å². The van der Waals surface area contributed by atoms with Crippen LogP contribution >= 0.6 is 0 Å². The largest absolute Gasteiger partial charge is 0.451 e. The van der Waals surface area contributed by atoms with Gasteiger partial charge in [-0.2, -0.15) is 13.2 Å². The van der Waals surface area contributed by atoms with Crippen molar-refractivity contribution in [3.8, 4) is 0 Å². The molecule has 0 aromatic carbocycles. The van der Waals surface area contributed by atoms with Gasteiger partial charge in [-0.15, -0.1) is 0 Å². The molecule has 1 atom stereocenters. The van der Waals surface area contributed by atoms with Crippen molar-refractivity contribution in [1.82, 2.24) is 9.97 Å². The second kappa shape index (κ2) is 5.60. The Morgan fingerprint density at radius 3 is 2.84 bits per heavy atom. The zero-order valence-electron chi connectivity index (χ0n) is 10.2. The van der Waals surface area contributed by atoms with Crippen LogP contribution in [0.5, 0.6) is 0 Å². The average Bonchev–Trinajstić information content (AvgIpc) is 2.80. The number of ether oxygens (including phenoxy) is 1. The molecule has 1 fully saturated rings. The first kappa shape index (κ1) is 13.9. The maximum Gasteiger partial charge on any atom is 0.451 e. The minimum Gasteiger partial charge on any atom is -0.384 e. The van der Waals surface area contributed by atoms with E-state index in [0.717, 1.165) is 25.9 Å². The highest BCUT2D eigenvalue weighted by atomic mass is 19.4. The molecule has 0 spiro atoms. The zero-order valence-corrected chi connectivity index (χ0v) is 10.2. The van der Waals surface area contributed by atoms with Gasteiger partial charge >= 0.3 is 6.18 Å². The fourth-order valence-electron chi connectivity index (χ4n) is 1.92. The molecule has 2 rings (SSSR count). The summed E-state index contributed by atoms with van der Waals surface area (Å²) in [5, 5.41) is 2.81. The Labute approximate surface area is 108 Å². The van der Waals surface area contributed by atoms with Crippen LogP contribution in [0.2, 0.25) is 0 Å². The molecule has 0 saturated carbocycles. The Balaban J connectivity index is 1.94. The van der Waals surface area contributed by atoms with Gasteiger partial charge in [-0.25, -0.2) is 9.97 Å². The third-order valence-corrected chi connectivity index (χ3v) is 2.80. The predicted molar refractivity (Wildman–Crippen MR) is 63.5 cm³/mol. The predicted octanol–water partition coefficient (Wildman–Crippen LogP) is 2.06. The Bertz CT molecular complexity index is 432. The number of nitrogens with one attached hydrogen (secondary N) is 1. The molecule has 1 aliphatic heterocycles. The Morgan fingerprint density at radius 1 is 1.42 bits per heavy atom. The number of aromatic nitrogens is 2. The molecular formula is C11H15F3N4O. The fraction of sp³-hybridized carbons (Fsp3) is 0.636. The van der Waals surface area contributed by atoms with Crippen molar-refractivity contribution in [2.24, 2.45) is 0 Å². The van der Waals surface area contributed by atoms with Crippen LogP contribution in [-0.4, -0.2) is 29.2 Å². The van der Waals surface area contributed by atoms with Crippen molar-refractivity contribution in [3.63, 3.8) is 0 Å². The summed E-state index contributed by atoms with van der Waals surface area (Å²) in [6, 6.07) is 1.28. The SMILES string of the molecule is Nc1cc(NCCC2CCCO2)nc(C(F)(F)F)n1. The third-order valence-electron chi connectivity index (χ3n) is 2.80. The summed E-state index contributed by atoms with van der Waals surface area (Å²) in [4.78, 5) is 6.57. The number of rotatable bonds is 4. The fourth-order valence-corrected chi connectivity index (χ4v) is 1.92. The molecule has 0 bridgehead atoms. The van der Waals surface area contributed by atoms with E-state index in [1.807, 2.05) is 0 Å². The molecular weight excluding hydrogens is 261 g/mol. The first-order valence-electron chi connectivity index (χ1n) is 6.02. The maximum atomic E-state index is 12.5. The van der Waals surface area contributed by atoms with Crippen molar-refractivity contribution < 1.29 is 17.9 Å². The molecule has 1 saturated heterocycles. The molecule has 2 heterocycles. The third kappa shape index (κ3) is 3.95. The van der Waals surface area contributed by atoms with Gasteiger partial charge in [0.25, 0.3) is 0 Å². The molecule has 3 N–H and O–H groups in total. The van der Waals surface area contributed by atoms with E-state index in [0.29, 0.717) is 6.54 Å². The van der Waals surface area contributed by atoms with Gasteiger partial charge in [0.2, 0.25) is 5.82 Å². The lowest BCUT2D eigenvalue weighted by atomic mass is 10.2. The van der Waals surface area contributed by atoms with Crippen molar-refractivity contribution in [1.29, 1.82) is 0 Å². The van der Waals surface area contributed by atoms with Crippen molar-refractivity contribution in [3.05, 3.63) is 11.9 Å². The lowest BCUT2D eigenvalue weighted by Crippen LogP contribution is -2.16. The van der Waals surface area contributed by atoms with Gasteiger partial charge in [-0.05, 0) is 19.3 Å². The molecule has 0 radical (unpaired) electrons. The van der Waals surface area contributed by atoms with Gasteiger partial charge in [0.1, 0.15) is 11.6 Å². The lowest BCUT2D eigenvalue weighted by molar-refractivity contribution is -0.144. The van der Waals surface area contributed by atoms with Crippen LogP contribution < -0.4 is 11.1 Å². The first-order chi connectivity index (χ1) is 8.95. The highest BCUT2D eigenvalue weighted by molar-refractivity contribution is 5.44. The number of nitrogens with two attached hydrogens (primary N) is 1. The van der Waals surface area contributed by atoms with Crippen LogP contribution in [0.3, 0.4) is 0 Å². The Hall–Kier alpha value is -1.57. The van der Waals surface area contributed by atoms with Crippen LogP contribution in [-0.2, 0) is 10.9 Å². The van der Waals surface area contributed by atoms with E-state index in [9.17, 15) is 13.2 Å². The van der Waals surface area contributed by atoms with Crippen LogP contribution in [0.4, 0.5) is 24.8 Å². The van der Waals surface area contributed by atoms with Gasteiger partial charge < -0.3 is 15.8 Å². The Kier molecular flexibility index (Phi) is 4.08. The van der Waals surface area contributed by atoms with E-state index in [1.54, 1.807) is 0 Å². The summed E-state index contributed by atoms with van der Waals surface area (Å²) in [7, 11) is 0. The molecule has 0 amide bonds. The molecule has 5 nitrogen and oxygen atoms in total. The van der Waals surface area contributed by atoms with Gasteiger partial charge in [0, 0.05) is 19.2 Å². The molecule has 0 aliphatic carbocycles. The highest BCUT2D eigenvalue weighted by Crippen LogP contribution is 2.27. The number of hydrogen-bond acceptors (Lipinski definition) is 5. The zero-order chi connectivity index (χ0) is 13.9. The molecule has 1 unspecified atom stereocenters. The quantitative estimate of drug-likeness (QED) is 0.880. The molecule has 8 heteroatoms. The molecule has 1 aromatic rings. The van der Waals surface area contributed by atoms with Gasteiger partial charge in [-0.3, -0.25) is 0 Å². The summed E-state index contributed by atoms with van der Waals surface area (Å²) >= 11 is 0.